The maximum absolute atomic E-state index is 14.0. The van der Waals surface area contributed by atoms with Gasteiger partial charge in [0.1, 0.15) is 5.82 Å². The summed E-state index contributed by atoms with van der Waals surface area (Å²) in [6.07, 6.45) is 0. The van der Waals surface area contributed by atoms with Gasteiger partial charge in [-0.1, -0.05) is 78.9 Å². The molecular formula is C32H31FN4OS. The largest absolute Gasteiger partial charge is 0.369 e. The van der Waals surface area contributed by atoms with Crippen LogP contribution in [0.1, 0.15) is 22.6 Å². The predicted molar refractivity (Wildman–Crippen MR) is 159 cm³/mol. The second-order valence-corrected chi connectivity index (χ2v) is 10.0. The number of benzene rings is 4. The number of amides is 1. The minimum absolute atomic E-state index is 0.146. The molecule has 1 saturated heterocycles. The third-order valence-corrected chi connectivity index (χ3v) is 7.18. The highest BCUT2D eigenvalue weighted by Gasteiger charge is 2.23. The number of thiocarbonyl (C=S) groups is 1. The second kappa shape index (κ2) is 12.7. The molecule has 1 aliphatic heterocycles. The summed E-state index contributed by atoms with van der Waals surface area (Å²) >= 11 is 5.48. The van der Waals surface area contributed by atoms with Crippen molar-refractivity contribution in [1.82, 2.24) is 10.2 Å². The van der Waals surface area contributed by atoms with E-state index in [0.29, 0.717) is 6.54 Å². The van der Waals surface area contributed by atoms with E-state index in [-0.39, 0.29) is 16.8 Å². The minimum Gasteiger partial charge on any atom is -0.369 e. The summed E-state index contributed by atoms with van der Waals surface area (Å²) in [5.74, 6) is -0.797. The number of rotatable bonds is 7. The SMILES string of the molecule is O=C(NC(=S)Nc1ccc(N2CCN(Cc3ccccc3F)CC2)cc1)C(c1ccccc1)c1ccccc1. The van der Waals surface area contributed by atoms with Crippen LogP contribution >= 0.6 is 12.2 Å². The molecule has 0 unspecified atom stereocenters. The Kier molecular flexibility index (Phi) is 8.61. The molecule has 1 heterocycles. The van der Waals surface area contributed by atoms with Gasteiger partial charge in [-0.2, -0.15) is 0 Å². The van der Waals surface area contributed by atoms with Crippen molar-refractivity contribution >= 4 is 34.6 Å². The topological polar surface area (TPSA) is 47.6 Å². The van der Waals surface area contributed by atoms with E-state index >= 15 is 0 Å². The Morgan fingerprint density at radius 3 is 1.92 bits per heavy atom. The Labute approximate surface area is 234 Å². The van der Waals surface area contributed by atoms with E-state index in [0.717, 1.165) is 54.2 Å². The first-order chi connectivity index (χ1) is 19.1. The van der Waals surface area contributed by atoms with Crippen molar-refractivity contribution in [2.75, 3.05) is 36.4 Å². The van der Waals surface area contributed by atoms with E-state index in [4.69, 9.17) is 12.2 Å². The van der Waals surface area contributed by atoms with Crippen LogP contribution in [0.25, 0.3) is 0 Å². The number of nitrogens with one attached hydrogen (secondary N) is 2. The molecule has 7 heteroatoms. The van der Waals surface area contributed by atoms with E-state index in [9.17, 15) is 9.18 Å². The molecular weight excluding hydrogens is 507 g/mol. The average Bonchev–Trinajstić information content (AvgIpc) is 2.96. The molecule has 1 amide bonds. The smallest absolute Gasteiger partial charge is 0.238 e. The van der Waals surface area contributed by atoms with E-state index in [2.05, 4.69) is 32.6 Å². The van der Waals surface area contributed by atoms with Crippen LogP contribution in [0.15, 0.2) is 109 Å². The molecule has 1 fully saturated rings. The molecule has 0 atom stereocenters. The third kappa shape index (κ3) is 6.88. The Bertz CT molecular complexity index is 1350. The second-order valence-electron chi connectivity index (χ2n) is 9.60. The molecule has 1 aliphatic rings. The number of halogens is 1. The molecule has 0 saturated carbocycles. The average molecular weight is 539 g/mol. The number of hydrogen-bond donors (Lipinski definition) is 2. The van der Waals surface area contributed by atoms with Gasteiger partial charge in [-0.25, -0.2) is 4.39 Å². The summed E-state index contributed by atoms with van der Waals surface area (Å²) in [5, 5.41) is 6.26. The van der Waals surface area contributed by atoms with Crippen LogP contribution in [0.5, 0.6) is 0 Å². The van der Waals surface area contributed by atoms with E-state index in [1.165, 1.54) is 6.07 Å². The fourth-order valence-electron chi connectivity index (χ4n) is 4.92. The molecule has 5 nitrogen and oxygen atoms in total. The summed E-state index contributed by atoms with van der Waals surface area (Å²) < 4.78 is 14.0. The lowest BCUT2D eigenvalue weighted by Crippen LogP contribution is -2.46. The van der Waals surface area contributed by atoms with Gasteiger partial charge in [0.25, 0.3) is 0 Å². The number of piperazine rings is 1. The molecule has 0 spiro atoms. The normalized spacial score (nSPS) is 13.7. The number of anilines is 2. The summed E-state index contributed by atoms with van der Waals surface area (Å²) in [4.78, 5) is 17.9. The molecule has 0 radical (unpaired) electrons. The van der Waals surface area contributed by atoms with Crippen LogP contribution in [-0.2, 0) is 11.3 Å². The first kappa shape index (κ1) is 26.5. The molecule has 4 aromatic carbocycles. The van der Waals surface area contributed by atoms with E-state index in [1.54, 1.807) is 6.07 Å². The van der Waals surface area contributed by atoms with Crippen molar-refractivity contribution in [3.05, 3.63) is 132 Å². The lowest BCUT2D eigenvalue weighted by atomic mass is 9.90. The highest BCUT2D eigenvalue weighted by Crippen LogP contribution is 2.25. The zero-order valence-corrected chi connectivity index (χ0v) is 22.4. The monoisotopic (exact) mass is 538 g/mol. The Balaban J connectivity index is 1.15. The maximum Gasteiger partial charge on any atom is 0.238 e. The summed E-state index contributed by atoms with van der Waals surface area (Å²) in [7, 11) is 0. The number of nitrogens with zero attached hydrogens (tertiary/aromatic N) is 2. The lowest BCUT2D eigenvalue weighted by Gasteiger charge is -2.36. The standard InChI is InChI=1S/C32H31FN4OS/c33-29-14-8-7-13-26(29)23-36-19-21-37(22-20-36)28-17-15-27(16-18-28)34-32(39)35-31(38)30(24-9-3-1-4-10-24)25-11-5-2-6-12-25/h1-18,30H,19-23H2,(H2,34,35,38,39). The molecule has 0 bridgehead atoms. The minimum atomic E-state index is -0.466. The molecule has 0 aliphatic carbocycles. The number of hydrogen-bond acceptors (Lipinski definition) is 4. The van der Waals surface area contributed by atoms with Gasteiger partial charge in [-0.15, -0.1) is 0 Å². The van der Waals surface area contributed by atoms with Crippen molar-refractivity contribution in [2.45, 2.75) is 12.5 Å². The van der Waals surface area contributed by atoms with Gasteiger partial charge in [0.05, 0.1) is 5.92 Å². The van der Waals surface area contributed by atoms with Gasteiger partial charge < -0.3 is 15.5 Å². The van der Waals surface area contributed by atoms with Crippen molar-refractivity contribution in [2.24, 2.45) is 0 Å². The number of carbonyl (C=O) groups is 1. The lowest BCUT2D eigenvalue weighted by molar-refractivity contribution is -0.120. The van der Waals surface area contributed by atoms with Gasteiger partial charge in [0.2, 0.25) is 5.91 Å². The molecule has 4 aromatic rings. The van der Waals surface area contributed by atoms with Crippen LogP contribution < -0.4 is 15.5 Å². The molecule has 2 N–H and O–H groups in total. The molecule has 198 valence electrons. The maximum atomic E-state index is 14.0. The summed E-state index contributed by atoms with van der Waals surface area (Å²) in [6, 6.07) is 34.4. The van der Waals surface area contributed by atoms with Crippen molar-refractivity contribution in [3.63, 3.8) is 0 Å². The van der Waals surface area contributed by atoms with Gasteiger partial charge >= 0.3 is 0 Å². The molecule has 5 rings (SSSR count). The van der Waals surface area contributed by atoms with Gasteiger partial charge in [0.15, 0.2) is 5.11 Å². The Morgan fingerprint density at radius 2 is 1.33 bits per heavy atom. The van der Waals surface area contributed by atoms with Crippen LogP contribution in [0.4, 0.5) is 15.8 Å². The first-order valence-electron chi connectivity index (χ1n) is 13.1. The highest BCUT2D eigenvalue weighted by atomic mass is 32.1. The Morgan fingerprint density at radius 1 is 0.769 bits per heavy atom. The predicted octanol–water partition coefficient (Wildman–Crippen LogP) is 5.79. The highest BCUT2D eigenvalue weighted by molar-refractivity contribution is 7.80. The fraction of sp³-hybridized carbons (Fsp3) is 0.188. The number of carbonyl (C=O) groups excluding carboxylic acids is 1. The molecule has 39 heavy (non-hydrogen) atoms. The zero-order chi connectivity index (χ0) is 27.0. The van der Waals surface area contributed by atoms with Gasteiger partial charge in [-0.3, -0.25) is 9.69 Å². The summed E-state index contributed by atoms with van der Waals surface area (Å²) in [6.45, 7) is 4.11. The van der Waals surface area contributed by atoms with Crippen LogP contribution in [0, 0.1) is 5.82 Å². The third-order valence-electron chi connectivity index (χ3n) is 6.98. The van der Waals surface area contributed by atoms with Crippen molar-refractivity contribution < 1.29 is 9.18 Å². The summed E-state index contributed by atoms with van der Waals surface area (Å²) in [5.41, 5.74) is 4.47. The first-order valence-corrected chi connectivity index (χ1v) is 13.5. The van der Waals surface area contributed by atoms with Gasteiger partial charge in [0, 0.05) is 49.7 Å². The van der Waals surface area contributed by atoms with E-state index in [1.807, 2.05) is 84.9 Å². The Hall–Kier alpha value is -4.07. The van der Waals surface area contributed by atoms with Gasteiger partial charge in [-0.05, 0) is 53.7 Å². The van der Waals surface area contributed by atoms with Crippen LogP contribution in [0.3, 0.4) is 0 Å². The molecule has 0 aromatic heterocycles. The van der Waals surface area contributed by atoms with Crippen molar-refractivity contribution in [3.8, 4) is 0 Å². The van der Waals surface area contributed by atoms with Crippen molar-refractivity contribution in [1.29, 1.82) is 0 Å². The van der Waals surface area contributed by atoms with E-state index < -0.39 is 5.92 Å². The zero-order valence-electron chi connectivity index (χ0n) is 21.6. The fourth-order valence-corrected chi connectivity index (χ4v) is 5.14. The quantitative estimate of drug-likeness (QED) is 0.292. The van der Waals surface area contributed by atoms with Crippen LogP contribution in [0.2, 0.25) is 0 Å². The van der Waals surface area contributed by atoms with Crippen LogP contribution in [-0.4, -0.2) is 42.1 Å².